The van der Waals surface area contributed by atoms with Crippen molar-refractivity contribution in [1.29, 1.82) is 0 Å². The summed E-state index contributed by atoms with van der Waals surface area (Å²) in [5.74, 6) is 0.684. The van der Waals surface area contributed by atoms with E-state index >= 15 is 0 Å². The Bertz CT molecular complexity index is 1070. The molecule has 0 spiro atoms. The molecule has 5 rings (SSSR count). The smallest absolute Gasteiger partial charge is 0.229 e. The van der Waals surface area contributed by atoms with Gasteiger partial charge in [0.1, 0.15) is 13.2 Å². The Hall–Kier alpha value is -3.48. The van der Waals surface area contributed by atoms with Crippen LogP contribution in [0.25, 0.3) is 10.9 Å². The number of carbonyl (C=O) groups excluding carboxylic acids is 2. The highest BCUT2D eigenvalue weighted by Gasteiger charge is 2.35. The predicted molar refractivity (Wildman–Crippen MR) is 105 cm³/mol. The number of nitrogens with one attached hydrogen (secondary N) is 2. The highest BCUT2D eigenvalue weighted by molar-refractivity contribution is 6.04. The summed E-state index contributed by atoms with van der Waals surface area (Å²) >= 11 is 0. The van der Waals surface area contributed by atoms with Gasteiger partial charge in [-0.2, -0.15) is 0 Å². The Morgan fingerprint density at radius 3 is 2.82 bits per heavy atom. The second kappa shape index (κ2) is 6.60. The Kier molecular flexibility index (Phi) is 3.93. The van der Waals surface area contributed by atoms with Gasteiger partial charge in [0, 0.05) is 47.5 Å². The number of aromatic nitrogens is 1. The van der Waals surface area contributed by atoms with Crippen molar-refractivity contribution < 1.29 is 19.1 Å². The molecule has 0 aliphatic carbocycles. The van der Waals surface area contributed by atoms with E-state index in [2.05, 4.69) is 10.3 Å². The van der Waals surface area contributed by atoms with Crippen molar-refractivity contribution in [3.8, 4) is 11.5 Å². The standard InChI is InChI=1S/C21H19N3O4/c25-20-10-14(21(26)23-15-1-3-17-13(9-15)5-6-22-17)12-24(20)16-2-4-18-19(11-16)28-8-7-27-18/h1-6,9,11,14,22H,7-8,10,12H2,(H,23,26). The van der Waals surface area contributed by atoms with Gasteiger partial charge in [-0.15, -0.1) is 0 Å². The molecule has 2 aliphatic rings. The van der Waals surface area contributed by atoms with Crippen LogP contribution in [0.15, 0.2) is 48.7 Å². The minimum Gasteiger partial charge on any atom is -0.486 e. The number of ether oxygens (including phenoxy) is 2. The second-order valence-corrected chi connectivity index (χ2v) is 7.00. The minimum absolute atomic E-state index is 0.0714. The molecule has 0 radical (unpaired) electrons. The van der Waals surface area contributed by atoms with Gasteiger partial charge in [0.2, 0.25) is 11.8 Å². The molecule has 1 fully saturated rings. The lowest BCUT2D eigenvalue weighted by atomic mass is 10.1. The molecule has 1 unspecified atom stereocenters. The van der Waals surface area contributed by atoms with E-state index in [1.165, 1.54) is 0 Å². The molecule has 1 atom stereocenters. The summed E-state index contributed by atoms with van der Waals surface area (Å²) in [5, 5.41) is 3.96. The number of nitrogens with zero attached hydrogens (tertiary/aromatic N) is 1. The maximum atomic E-state index is 12.7. The number of carbonyl (C=O) groups is 2. The van der Waals surface area contributed by atoms with Crippen LogP contribution in [0, 0.1) is 5.92 Å². The van der Waals surface area contributed by atoms with Gasteiger partial charge >= 0.3 is 0 Å². The molecular weight excluding hydrogens is 358 g/mol. The average Bonchev–Trinajstić information content (AvgIpc) is 3.33. The molecule has 142 valence electrons. The fourth-order valence-electron chi connectivity index (χ4n) is 3.71. The zero-order chi connectivity index (χ0) is 19.1. The lowest BCUT2D eigenvalue weighted by Gasteiger charge is -2.22. The maximum Gasteiger partial charge on any atom is 0.229 e. The van der Waals surface area contributed by atoms with Gasteiger partial charge in [0.25, 0.3) is 0 Å². The first-order chi connectivity index (χ1) is 13.7. The average molecular weight is 377 g/mol. The number of anilines is 2. The fourth-order valence-corrected chi connectivity index (χ4v) is 3.71. The molecule has 1 aromatic heterocycles. The lowest BCUT2D eigenvalue weighted by molar-refractivity contribution is -0.122. The summed E-state index contributed by atoms with van der Waals surface area (Å²) in [6, 6.07) is 13.1. The minimum atomic E-state index is -0.400. The topological polar surface area (TPSA) is 83.7 Å². The molecule has 3 heterocycles. The Morgan fingerprint density at radius 1 is 1.07 bits per heavy atom. The van der Waals surface area contributed by atoms with Gasteiger partial charge in [-0.05, 0) is 36.4 Å². The third kappa shape index (κ3) is 2.94. The Morgan fingerprint density at radius 2 is 1.93 bits per heavy atom. The number of fused-ring (bicyclic) bond motifs is 2. The van der Waals surface area contributed by atoms with Gasteiger partial charge < -0.3 is 24.7 Å². The number of hydrogen-bond donors (Lipinski definition) is 2. The van der Waals surface area contributed by atoms with E-state index in [1.807, 2.05) is 36.5 Å². The molecule has 28 heavy (non-hydrogen) atoms. The number of aromatic amines is 1. The third-order valence-electron chi connectivity index (χ3n) is 5.15. The van der Waals surface area contributed by atoms with Crippen molar-refractivity contribution >= 4 is 34.1 Å². The van der Waals surface area contributed by atoms with Gasteiger partial charge in [-0.25, -0.2) is 0 Å². The highest BCUT2D eigenvalue weighted by atomic mass is 16.6. The molecule has 7 nitrogen and oxygen atoms in total. The van der Waals surface area contributed by atoms with Gasteiger partial charge in [-0.1, -0.05) is 0 Å². The summed E-state index contributed by atoms with van der Waals surface area (Å²) in [5.41, 5.74) is 2.46. The summed E-state index contributed by atoms with van der Waals surface area (Å²) in [6.07, 6.45) is 2.05. The Balaban J connectivity index is 1.31. The normalized spacial score (nSPS) is 18.5. The molecule has 2 amide bonds. The summed E-state index contributed by atoms with van der Waals surface area (Å²) in [6.45, 7) is 1.35. The largest absolute Gasteiger partial charge is 0.486 e. The fraction of sp³-hybridized carbons (Fsp3) is 0.238. The zero-order valence-corrected chi connectivity index (χ0v) is 15.1. The first kappa shape index (κ1) is 16.7. The quantitative estimate of drug-likeness (QED) is 0.735. The second-order valence-electron chi connectivity index (χ2n) is 7.00. The Labute approximate surface area is 161 Å². The van der Waals surface area contributed by atoms with Crippen LogP contribution in [0.1, 0.15) is 6.42 Å². The molecule has 0 saturated carbocycles. The zero-order valence-electron chi connectivity index (χ0n) is 15.1. The van der Waals surface area contributed by atoms with Crippen molar-refractivity contribution in [1.82, 2.24) is 4.98 Å². The molecule has 0 bridgehead atoms. The summed E-state index contributed by atoms with van der Waals surface area (Å²) in [4.78, 5) is 30.0. The number of rotatable bonds is 3. The van der Waals surface area contributed by atoms with Crippen LogP contribution in [0.3, 0.4) is 0 Å². The van der Waals surface area contributed by atoms with Gasteiger partial charge in [-0.3, -0.25) is 9.59 Å². The van der Waals surface area contributed by atoms with Crippen molar-refractivity contribution in [2.24, 2.45) is 5.92 Å². The van der Waals surface area contributed by atoms with E-state index in [0.717, 1.165) is 22.3 Å². The van der Waals surface area contributed by atoms with Crippen LogP contribution in [0.4, 0.5) is 11.4 Å². The first-order valence-electron chi connectivity index (χ1n) is 9.25. The predicted octanol–water partition coefficient (Wildman–Crippen LogP) is 2.93. The van der Waals surface area contributed by atoms with E-state index < -0.39 is 5.92 Å². The molecule has 2 N–H and O–H groups in total. The van der Waals surface area contributed by atoms with Gasteiger partial charge in [0.05, 0.1) is 5.92 Å². The summed E-state index contributed by atoms with van der Waals surface area (Å²) < 4.78 is 11.1. The van der Waals surface area contributed by atoms with Crippen LogP contribution in [-0.2, 0) is 9.59 Å². The molecule has 7 heteroatoms. The van der Waals surface area contributed by atoms with E-state index in [9.17, 15) is 9.59 Å². The number of H-pyrrole nitrogens is 1. The number of amides is 2. The number of hydrogen-bond acceptors (Lipinski definition) is 4. The van der Waals surface area contributed by atoms with Crippen LogP contribution >= 0.6 is 0 Å². The highest BCUT2D eigenvalue weighted by Crippen LogP contribution is 2.36. The molecule has 2 aromatic carbocycles. The third-order valence-corrected chi connectivity index (χ3v) is 5.15. The molecule has 3 aromatic rings. The monoisotopic (exact) mass is 377 g/mol. The van der Waals surface area contributed by atoms with E-state index in [0.29, 0.717) is 31.3 Å². The first-order valence-corrected chi connectivity index (χ1v) is 9.25. The molecule has 1 saturated heterocycles. The van der Waals surface area contributed by atoms with Crippen LogP contribution < -0.4 is 19.7 Å². The van der Waals surface area contributed by atoms with Gasteiger partial charge in [0.15, 0.2) is 11.5 Å². The van der Waals surface area contributed by atoms with E-state index in [-0.39, 0.29) is 18.2 Å². The van der Waals surface area contributed by atoms with Crippen LogP contribution in [0.2, 0.25) is 0 Å². The molecule has 2 aliphatic heterocycles. The number of benzene rings is 2. The van der Waals surface area contributed by atoms with Crippen molar-refractivity contribution in [2.45, 2.75) is 6.42 Å². The van der Waals surface area contributed by atoms with Crippen molar-refractivity contribution in [2.75, 3.05) is 30.0 Å². The van der Waals surface area contributed by atoms with Crippen molar-refractivity contribution in [3.05, 3.63) is 48.7 Å². The van der Waals surface area contributed by atoms with Crippen LogP contribution in [-0.4, -0.2) is 36.6 Å². The lowest BCUT2D eigenvalue weighted by Crippen LogP contribution is -2.28. The maximum absolute atomic E-state index is 12.7. The summed E-state index contributed by atoms with van der Waals surface area (Å²) in [7, 11) is 0. The van der Waals surface area contributed by atoms with Crippen molar-refractivity contribution in [3.63, 3.8) is 0 Å². The van der Waals surface area contributed by atoms with E-state index in [1.54, 1.807) is 17.0 Å². The van der Waals surface area contributed by atoms with Crippen LogP contribution in [0.5, 0.6) is 11.5 Å². The van der Waals surface area contributed by atoms with E-state index in [4.69, 9.17) is 9.47 Å². The molecular formula is C21H19N3O4. The SMILES string of the molecule is O=C(Nc1ccc2[nH]ccc2c1)C1CC(=O)N(c2ccc3c(c2)OCCO3)C1.